The van der Waals surface area contributed by atoms with Crippen molar-refractivity contribution in [3.63, 3.8) is 0 Å². The van der Waals surface area contributed by atoms with Gasteiger partial charge < -0.3 is 5.11 Å². The van der Waals surface area contributed by atoms with E-state index in [1.54, 1.807) is 48.5 Å². The van der Waals surface area contributed by atoms with E-state index in [0.717, 1.165) is 10.5 Å². The topological polar surface area (TPSA) is 54.4 Å². The molecule has 104 valence electrons. The summed E-state index contributed by atoms with van der Waals surface area (Å²) in [7, 11) is -3.41. The molecular formula is C15H14O3S2. The lowest BCUT2D eigenvalue weighted by Gasteiger charge is -2.00. The van der Waals surface area contributed by atoms with Gasteiger partial charge >= 0.3 is 0 Å². The molecule has 0 aliphatic heterocycles. The van der Waals surface area contributed by atoms with Crippen molar-refractivity contribution in [2.24, 2.45) is 0 Å². The lowest BCUT2D eigenvalue weighted by molar-refractivity contribution is 0.475. The molecule has 0 bridgehead atoms. The highest BCUT2D eigenvalue weighted by Gasteiger charge is 2.09. The van der Waals surface area contributed by atoms with Crippen molar-refractivity contribution >= 4 is 21.6 Å². The first-order valence-electron chi connectivity index (χ1n) is 5.91. The van der Waals surface area contributed by atoms with Gasteiger partial charge in [0.1, 0.15) is 5.75 Å². The third-order valence-corrected chi connectivity index (χ3v) is 5.04. The number of phenolic OH excluding ortho intramolecular Hbond substituents is 1. The van der Waals surface area contributed by atoms with Crippen LogP contribution in [0.4, 0.5) is 0 Å². The Morgan fingerprint density at radius 2 is 1.60 bits per heavy atom. The molecule has 1 N–H and O–H groups in total. The van der Waals surface area contributed by atoms with E-state index >= 15 is 0 Å². The Balaban J connectivity index is 2.10. The Bertz CT molecular complexity index is 700. The summed E-state index contributed by atoms with van der Waals surface area (Å²) >= 11 is 1.28. The highest BCUT2D eigenvalue weighted by atomic mass is 32.2. The van der Waals surface area contributed by atoms with Crippen molar-refractivity contribution in [2.75, 3.05) is 0 Å². The number of hydrogen-bond donors (Lipinski definition) is 1. The Hall–Kier alpha value is -1.72. The maximum Gasteiger partial charge on any atom is 0.200 e. The van der Waals surface area contributed by atoms with Crippen LogP contribution in [0, 0.1) is 6.92 Å². The summed E-state index contributed by atoms with van der Waals surface area (Å²) in [6.45, 7) is 1.91. The van der Waals surface area contributed by atoms with E-state index in [1.807, 2.05) is 6.92 Å². The lowest BCUT2D eigenvalue weighted by atomic mass is 10.2. The molecular weight excluding hydrogens is 292 g/mol. The maximum absolute atomic E-state index is 12.0. The van der Waals surface area contributed by atoms with E-state index in [4.69, 9.17) is 5.11 Å². The monoisotopic (exact) mass is 306 g/mol. The molecule has 0 amide bonds. The molecule has 2 aromatic rings. The summed E-state index contributed by atoms with van der Waals surface area (Å²) < 4.78 is 24.1. The number of aromatic hydroxyl groups is 1. The normalized spacial score (nSPS) is 11.8. The van der Waals surface area contributed by atoms with E-state index in [-0.39, 0.29) is 10.6 Å². The molecule has 0 aromatic heterocycles. The van der Waals surface area contributed by atoms with Gasteiger partial charge in [0.05, 0.1) is 4.90 Å². The van der Waals surface area contributed by atoms with E-state index < -0.39 is 9.84 Å². The Labute approximate surface area is 122 Å². The number of hydrogen-bond acceptors (Lipinski definition) is 4. The number of aryl methyl sites for hydroxylation is 1. The summed E-state index contributed by atoms with van der Waals surface area (Å²) in [4.78, 5) is 1.14. The second kappa shape index (κ2) is 6.15. The summed E-state index contributed by atoms with van der Waals surface area (Å²) in [6.07, 6.45) is 0. The Morgan fingerprint density at radius 1 is 1.00 bits per heavy atom. The minimum absolute atomic E-state index is 0.186. The van der Waals surface area contributed by atoms with Gasteiger partial charge in [0.25, 0.3) is 0 Å². The molecule has 0 aliphatic carbocycles. The second-order valence-electron chi connectivity index (χ2n) is 4.24. The average Bonchev–Trinajstić information content (AvgIpc) is 2.41. The van der Waals surface area contributed by atoms with Crippen LogP contribution in [0.2, 0.25) is 0 Å². The molecule has 0 aliphatic rings. The summed E-state index contributed by atoms with van der Waals surface area (Å²) in [5.74, 6) is 0.186. The first kappa shape index (κ1) is 14.7. The molecule has 20 heavy (non-hydrogen) atoms. The van der Waals surface area contributed by atoms with Crippen LogP contribution in [0.5, 0.6) is 5.75 Å². The fourth-order valence-corrected chi connectivity index (χ4v) is 3.44. The van der Waals surface area contributed by atoms with Crippen molar-refractivity contribution in [1.82, 2.24) is 0 Å². The molecule has 2 rings (SSSR count). The predicted octanol–water partition coefficient (Wildman–Crippen LogP) is 3.74. The smallest absolute Gasteiger partial charge is 0.200 e. The van der Waals surface area contributed by atoms with Crippen LogP contribution in [0.1, 0.15) is 5.56 Å². The molecule has 5 heteroatoms. The standard InChI is InChI=1S/C15H14O3S2/c1-12-2-8-15(9-3-12)20(17,18)11-10-19-14-6-4-13(16)5-7-14/h2-11,16H,1H3/b11-10-. The van der Waals surface area contributed by atoms with Crippen LogP contribution >= 0.6 is 11.8 Å². The molecule has 0 saturated carbocycles. The Kier molecular flexibility index (Phi) is 4.52. The van der Waals surface area contributed by atoms with Gasteiger partial charge in [-0.15, -0.1) is 0 Å². The largest absolute Gasteiger partial charge is 0.508 e. The van der Waals surface area contributed by atoms with Crippen LogP contribution in [0.25, 0.3) is 0 Å². The van der Waals surface area contributed by atoms with Gasteiger partial charge in [0.15, 0.2) is 9.84 Å². The van der Waals surface area contributed by atoms with Gasteiger partial charge in [0, 0.05) is 10.3 Å². The summed E-state index contributed by atoms with van der Waals surface area (Å²) in [6, 6.07) is 13.3. The molecule has 0 unspecified atom stereocenters. The van der Waals surface area contributed by atoms with Crippen molar-refractivity contribution in [3.05, 3.63) is 64.9 Å². The average molecular weight is 306 g/mol. The molecule has 3 nitrogen and oxygen atoms in total. The first-order chi connectivity index (χ1) is 9.47. The van der Waals surface area contributed by atoms with E-state index in [2.05, 4.69) is 0 Å². The zero-order valence-electron chi connectivity index (χ0n) is 10.9. The molecule has 2 aromatic carbocycles. The number of sulfone groups is 1. The van der Waals surface area contributed by atoms with Crippen LogP contribution in [-0.4, -0.2) is 13.5 Å². The summed E-state index contributed by atoms with van der Waals surface area (Å²) in [5, 5.41) is 11.9. The quantitative estimate of drug-likeness (QED) is 0.874. The van der Waals surface area contributed by atoms with Crippen molar-refractivity contribution in [1.29, 1.82) is 0 Å². The van der Waals surface area contributed by atoms with Gasteiger partial charge in [-0.25, -0.2) is 8.42 Å². The zero-order valence-corrected chi connectivity index (χ0v) is 12.5. The van der Waals surface area contributed by atoms with Crippen molar-refractivity contribution in [3.8, 4) is 5.75 Å². The molecule has 0 spiro atoms. The highest BCUT2D eigenvalue weighted by Crippen LogP contribution is 2.23. The first-order valence-corrected chi connectivity index (χ1v) is 8.34. The summed E-state index contributed by atoms with van der Waals surface area (Å²) in [5.41, 5.74) is 1.02. The van der Waals surface area contributed by atoms with E-state index in [0.29, 0.717) is 0 Å². The minimum atomic E-state index is -3.41. The molecule has 0 saturated heterocycles. The highest BCUT2D eigenvalue weighted by molar-refractivity contribution is 8.03. The fraction of sp³-hybridized carbons (Fsp3) is 0.0667. The predicted molar refractivity (Wildman–Crippen MR) is 81.5 cm³/mol. The van der Waals surface area contributed by atoms with E-state index in [1.165, 1.54) is 22.6 Å². The Morgan fingerprint density at radius 3 is 2.20 bits per heavy atom. The molecule has 0 heterocycles. The van der Waals surface area contributed by atoms with Crippen LogP contribution in [0.15, 0.2) is 69.1 Å². The van der Waals surface area contributed by atoms with Crippen LogP contribution in [0.3, 0.4) is 0 Å². The van der Waals surface area contributed by atoms with Crippen LogP contribution in [-0.2, 0) is 9.84 Å². The van der Waals surface area contributed by atoms with E-state index in [9.17, 15) is 8.42 Å². The maximum atomic E-state index is 12.0. The van der Waals surface area contributed by atoms with Gasteiger partial charge in [0.2, 0.25) is 0 Å². The van der Waals surface area contributed by atoms with Crippen LogP contribution < -0.4 is 0 Å². The van der Waals surface area contributed by atoms with Gasteiger partial charge in [-0.05, 0) is 48.7 Å². The minimum Gasteiger partial charge on any atom is -0.508 e. The SMILES string of the molecule is Cc1ccc(S(=O)(=O)/C=C\Sc2ccc(O)cc2)cc1. The number of phenols is 1. The van der Waals surface area contributed by atoms with Gasteiger partial charge in [-0.2, -0.15) is 0 Å². The third-order valence-electron chi connectivity index (χ3n) is 2.63. The fourth-order valence-electron chi connectivity index (χ4n) is 1.51. The third kappa shape index (κ3) is 3.88. The zero-order chi connectivity index (χ0) is 14.6. The number of rotatable bonds is 4. The van der Waals surface area contributed by atoms with Crippen molar-refractivity contribution < 1.29 is 13.5 Å². The van der Waals surface area contributed by atoms with Gasteiger partial charge in [-0.1, -0.05) is 29.5 Å². The van der Waals surface area contributed by atoms with Crippen molar-refractivity contribution in [2.45, 2.75) is 16.7 Å². The lowest BCUT2D eigenvalue weighted by Crippen LogP contribution is -1.95. The molecule has 0 atom stereocenters. The number of thioether (sulfide) groups is 1. The molecule has 0 fully saturated rings. The second-order valence-corrected chi connectivity index (χ2v) is 7.05. The molecule has 0 radical (unpaired) electrons. The number of benzene rings is 2. The van der Waals surface area contributed by atoms with Gasteiger partial charge in [-0.3, -0.25) is 0 Å².